The Kier molecular flexibility index (Phi) is 4.05. The van der Waals surface area contributed by atoms with Crippen LogP contribution < -0.4 is 0 Å². The van der Waals surface area contributed by atoms with Crippen molar-refractivity contribution in [3.05, 3.63) is 72.4 Å². The Balaban J connectivity index is 1.48. The molecule has 122 valence electrons. The second-order valence-electron chi connectivity index (χ2n) is 6.11. The van der Waals surface area contributed by atoms with Crippen molar-refractivity contribution in [1.29, 1.82) is 0 Å². The average molecular weight is 320 g/mol. The van der Waals surface area contributed by atoms with Crippen molar-refractivity contribution in [3.63, 3.8) is 0 Å². The van der Waals surface area contributed by atoms with Crippen molar-refractivity contribution in [2.45, 2.75) is 12.6 Å². The molecule has 24 heavy (non-hydrogen) atoms. The number of hydrogen-bond acceptors (Lipinski definition) is 2. The number of rotatable bonds is 3. The molecular weight excluding hydrogens is 300 g/mol. The van der Waals surface area contributed by atoms with E-state index in [-0.39, 0.29) is 12.0 Å². The van der Waals surface area contributed by atoms with E-state index in [1.807, 2.05) is 46.0 Å². The molecule has 1 aromatic heterocycles. The Morgan fingerprint density at radius 2 is 1.83 bits per heavy atom. The largest absolute Gasteiger partial charge is 0.370 e. The molecule has 0 unspecified atom stereocenters. The smallest absolute Gasteiger partial charge is 0.242 e. The number of morpholine rings is 1. The molecule has 1 aliphatic heterocycles. The number of amides is 1. The van der Waals surface area contributed by atoms with Gasteiger partial charge in [-0.15, -0.1) is 0 Å². The molecule has 1 saturated heterocycles. The standard InChI is InChI=1S/C20H20N2O2/c23-20(15-21-11-10-16-6-4-5-9-18(16)21)22-12-13-24-19(14-22)17-7-2-1-3-8-17/h1-11,19H,12-15H2/t19-/m1/s1. The summed E-state index contributed by atoms with van der Waals surface area (Å²) in [4.78, 5) is 14.6. The predicted octanol–water partition coefficient (Wildman–Crippen LogP) is 3.24. The lowest BCUT2D eigenvalue weighted by Gasteiger charge is -2.33. The number of hydrogen-bond donors (Lipinski definition) is 0. The minimum atomic E-state index is -0.0368. The highest BCUT2D eigenvalue weighted by atomic mass is 16.5. The van der Waals surface area contributed by atoms with Gasteiger partial charge in [-0.1, -0.05) is 48.5 Å². The van der Waals surface area contributed by atoms with Gasteiger partial charge in [0.25, 0.3) is 0 Å². The van der Waals surface area contributed by atoms with Gasteiger partial charge in [0.15, 0.2) is 0 Å². The van der Waals surface area contributed by atoms with E-state index in [0.29, 0.717) is 26.2 Å². The highest BCUT2D eigenvalue weighted by Crippen LogP contribution is 2.22. The van der Waals surface area contributed by atoms with E-state index in [1.165, 1.54) is 0 Å². The fourth-order valence-corrected chi connectivity index (χ4v) is 3.27. The molecule has 2 heterocycles. The van der Waals surface area contributed by atoms with Crippen LogP contribution in [0.1, 0.15) is 11.7 Å². The molecule has 1 fully saturated rings. The van der Waals surface area contributed by atoms with Crippen molar-refractivity contribution in [2.75, 3.05) is 19.7 Å². The number of para-hydroxylation sites is 1. The second-order valence-corrected chi connectivity index (χ2v) is 6.11. The van der Waals surface area contributed by atoms with Crippen molar-refractivity contribution in [2.24, 2.45) is 0 Å². The number of carbonyl (C=O) groups excluding carboxylic acids is 1. The molecule has 0 aliphatic carbocycles. The van der Waals surface area contributed by atoms with Gasteiger partial charge in [0.1, 0.15) is 12.6 Å². The fraction of sp³-hybridized carbons (Fsp3) is 0.250. The van der Waals surface area contributed by atoms with Crippen molar-refractivity contribution < 1.29 is 9.53 Å². The molecule has 0 N–H and O–H groups in total. The summed E-state index contributed by atoms with van der Waals surface area (Å²) in [6, 6.07) is 20.3. The summed E-state index contributed by atoms with van der Waals surface area (Å²) in [5.41, 5.74) is 2.22. The first kappa shape index (κ1) is 15.0. The molecule has 0 spiro atoms. The van der Waals surface area contributed by atoms with E-state index in [9.17, 15) is 4.79 Å². The number of ether oxygens (including phenoxy) is 1. The first-order valence-corrected chi connectivity index (χ1v) is 8.29. The zero-order valence-electron chi connectivity index (χ0n) is 13.5. The van der Waals surface area contributed by atoms with Crippen LogP contribution in [0.2, 0.25) is 0 Å². The monoisotopic (exact) mass is 320 g/mol. The van der Waals surface area contributed by atoms with E-state index in [2.05, 4.69) is 30.3 Å². The zero-order valence-corrected chi connectivity index (χ0v) is 13.5. The molecule has 0 saturated carbocycles. The van der Waals surface area contributed by atoms with Gasteiger partial charge in [-0.2, -0.15) is 0 Å². The molecule has 1 amide bonds. The molecule has 1 aliphatic rings. The SMILES string of the molecule is O=C(Cn1ccc2ccccc21)N1CCO[C@@H](c2ccccc2)C1. The molecule has 2 aromatic carbocycles. The summed E-state index contributed by atoms with van der Waals surface area (Å²) in [5, 5.41) is 1.16. The van der Waals surface area contributed by atoms with Gasteiger partial charge in [-0.05, 0) is 23.1 Å². The average Bonchev–Trinajstić information content (AvgIpc) is 3.06. The minimum Gasteiger partial charge on any atom is -0.370 e. The van der Waals surface area contributed by atoms with Crippen LogP contribution in [-0.4, -0.2) is 35.1 Å². The summed E-state index contributed by atoms with van der Waals surface area (Å²) in [6.07, 6.45) is 1.95. The van der Waals surface area contributed by atoms with Gasteiger partial charge in [0, 0.05) is 18.3 Å². The van der Waals surface area contributed by atoms with Gasteiger partial charge in [-0.3, -0.25) is 4.79 Å². The van der Waals surface area contributed by atoms with Crippen molar-refractivity contribution >= 4 is 16.8 Å². The summed E-state index contributed by atoms with van der Waals surface area (Å²) < 4.78 is 7.87. The van der Waals surface area contributed by atoms with Gasteiger partial charge in [-0.25, -0.2) is 0 Å². The topological polar surface area (TPSA) is 34.5 Å². The van der Waals surface area contributed by atoms with Crippen LogP contribution in [0.25, 0.3) is 10.9 Å². The van der Waals surface area contributed by atoms with Crippen LogP contribution in [0.15, 0.2) is 66.9 Å². The lowest BCUT2D eigenvalue weighted by Crippen LogP contribution is -2.43. The van der Waals surface area contributed by atoms with Crippen LogP contribution >= 0.6 is 0 Å². The quantitative estimate of drug-likeness (QED) is 0.742. The van der Waals surface area contributed by atoms with E-state index in [4.69, 9.17) is 4.74 Å². The van der Waals surface area contributed by atoms with Crippen molar-refractivity contribution in [1.82, 2.24) is 9.47 Å². The lowest BCUT2D eigenvalue weighted by molar-refractivity contribution is -0.139. The van der Waals surface area contributed by atoms with E-state index in [1.54, 1.807) is 0 Å². The normalized spacial score (nSPS) is 18.0. The summed E-state index contributed by atoms with van der Waals surface area (Å²) >= 11 is 0. The van der Waals surface area contributed by atoms with E-state index in [0.717, 1.165) is 16.5 Å². The Bertz CT molecular complexity index is 841. The lowest BCUT2D eigenvalue weighted by atomic mass is 10.1. The number of fused-ring (bicyclic) bond motifs is 1. The van der Waals surface area contributed by atoms with Gasteiger partial charge >= 0.3 is 0 Å². The Labute approximate surface area is 141 Å². The van der Waals surface area contributed by atoms with Crippen LogP contribution in [0.5, 0.6) is 0 Å². The third kappa shape index (κ3) is 2.93. The minimum absolute atomic E-state index is 0.0368. The van der Waals surface area contributed by atoms with Crippen LogP contribution in [0.3, 0.4) is 0 Å². The predicted molar refractivity (Wildman–Crippen MR) is 93.7 cm³/mol. The summed E-state index contributed by atoms with van der Waals surface area (Å²) in [7, 11) is 0. The maximum atomic E-state index is 12.7. The third-order valence-corrected chi connectivity index (χ3v) is 4.58. The van der Waals surface area contributed by atoms with Gasteiger partial charge in [0.2, 0.25) is 5.91 Å². The highest BCUT2D eigenvalue weighted by Gasteiger charge is 2.25. The molecule has 4 heteroatoms. The third-order valence-electron chi connectivity index (χ3n) is 4.58. The Morgan fingerprint density at radius 1 is 1.04 bits per heavy atom. The summed E-state index contributed by atoms with van der Waals surface area (Å²) in [6.45, 7) is 2.22. The number of carbonyl (C=O) groups is 1. The summed E-state index contributed by atoms with van der Waals surface area (Å²) in [5.74, 6) is 0.139. The van der Waals surface area contributed by atoms with Gasteiger partial charge in [0.05, 0.1) is 13.2 Å². The zero-order chi connectivity index (χ0) is 16.4. The molecule has 0 bridgehead atoms. The van der Waals surface area contributed by atoms with E-state index >= 15 is 0 Å². The maximum absolute atomic E-state index is 12.7. The first-order valence-electron chi connectivity index (χ1n) is 8.29. The number of benzene rings is 2. The molecule has 3 aromatic rings. The van der Waals surface area contributed by atoms with Crippen LogP contribution in [-0.2, 0) is 16.1 Å². The molecular formula is C20H20N2O2. The van der Waals surface area contributed by atoms with Gasteiger partial charge < -0.3 is 14.2 Å². The van der Waals surface area contributed by atoms with Crippen molar-refractivity contribution in [3.8, 4) is 0 Å². The fourth-order valence-electron chi connectivity index (χ4n) is 3.27. The van der Waals surface area contributed by atoms with Crippen LogP contribution in [0, 0.1) is 0 Å². The molecule has 1 atom stereocenters. The first-order chi connectivity index (χ1) is 11.8. The molecule has 4 rings (SSSR count). The Hall–Kier alpha value is -2.59. The Morgan fingerprint density at radius 3 is 2.71 bits per heavy atom. The number of aromatic nitrogens is 1. The van der Waals surface area contributed by atoms with Crippen LogP contribution in [0.4, 0.5) is 0 Å². The second kappa shape index (κ2) is 6.49. The molecule has 4 nitrogen and oxygen atoms in total. The molecule has 0 radical (unpaired) electrons. The maximum Gasteiger partial charge on any atom is 0.242 e. The van der Waals surface area contributed by atoms with E-state index < -0.39 is 0 Å². The highest BCUT2D eigenvalue weighted by molar-refractivity contribution is 5.83. The number of nitrogens with zero attached hydrogens (tertiary/aromatic N) is 2.